The zero-order valence-corrected chi connectivity index (χ0v) is 9.14. The van der Waals surface area contributed by atoms with Crippen LogP contribution >= 0.6 is 11.6 Å². The van der Waals surface area contributed by atoms with Crippen molar-refractivity contribution in [3.8, 4) is 0 Å². The number of rotatable bonds is 4. The number of benzene rings is 1. The molecule has 2 aromatic rings. The largest absolute Gasteiger partial charge is 0.321 e. The Morgan fingerprint density at radius 1 is 1.27 bits per heavy atom. The third-order valence-corrected chi connectivity index (χ3v) is 2.81. The van der Waals surface area contributed by atoms with Gasteiger partial charge in [-0.1, -0.05) is 41.9 Å². The van der Waals surface area contributed by atoms with Gasteiger partial charge in [0.1, 0.15) is 5.50 Å². The summed E-state index contributed by atoms with van der Waals surface area (Å²) >= 11 is 6.22. The molecule has 78 valence electrons. The van der Waals surface area contributed by atoms with Gasteiger partial charge in [-0.15, -0.1) is 0 Å². The van der Waals surface area contributed by atoms with Crippen LogP contribution in [0.5, 0.6) is 0 Å². The lowest BCUT2D eigenvalue weighted by atomic mass is 10.1. The molecule has 1 unspecified atom stereocenters. The van der Waals surface area contributed by atoms with E-state index in [1.165, 1.54) is 5.56 Å². The number of aryl methyl sites for hydroxylation is 1. The molecule has 0 fully saturated rings. The van der Waals surface area contributed by atoms with Gasteiger partial charge in [0.15, 0.2) is 0 Å². The van der Waals surface area contributed by atoms with Crippen molar-refractivity contribution >= 4 is 11.6 Å². The third-order valence-electron chi connectivity index (χ3n) is 2.36. The van der Waals surface area contributed by atoms with Gasteiger partial charge in [0, 0.05) is 12.4 Å². The van der Waals surface area contributed by atoms with Gasteiger partial charge < -0.3 is 4.57 Å². The van der Waals surface area contributed by atoms with Crippen LogP contribution in [-0.4, -0.2) is 9.55 Å². The lowest BCUT2D eigenvalue weighted by molar-refractivity contribution is 0.613. The maximum Gasteiger partial charge on any atom is 0.109 e. The van der Waals surface area contributed by atoms with Gasteiger partial charge in [0.05, 0.1) is 6.33 Å². The Kier molecular flexibility index (Phi) is 3.41. The second-order valence-corrected chi connectivity index (χ2v) is 3.97. The predicted octanol–water partition coefficient (Wildman–Crippen LogP) is 3.25. The van der Waals surface area contributed by atoms with Crippen molar-refractivity contribution in [2.75, 3.05) is 0 Å². The van der Waals surface area contributed by atoms with Gasteiger partial charge in [-0.3, -0.25) is 0 Å². The average molecular weight is 221 g/mol. The topological polar surface area (TPSA) is 17.8 Å². The highest BCUT2D eigenvalue weighted by molar-refractivity contribution is 6.19. The van der Waals surface area contributed by atoms with Crippen LogP contribution in [0, 0.1) is 0 Å². The molecule has 0 radical (unpaired) electrons. The van der Waals surface area contributed by atoms with Crippen LogP contribution in [0.15, 0.2) is 49.1 Å². The highest BCUT2D eigenvalue weighted by Crippen LogP contribution is 2.18. The van der Waals surface area contributed by atoms with Crippen LogP contribution in [-0.2, 0) is 6.42 Å². The second kappa shape index (κ2) is 4.99. The molecule has 0 saturated heterocycles. The molecule has 0 spiro atoms. The first-order chi connectivity index (χ1) is 7.36. The number of halogens is 1. The van der Waals surface area contributed by atoms with E-state index in [0.29, 0.717) is 0 Å². The highest BCUT2D eigenvalue weighted by atomic mass is 35.5. The van der Waals surface area contributed by atoms with E-state index in [4.69, 9.17) is 11.6 Å². The molecule has 0 N–H and O–H groups in total. The summed E-state index contributed by atoms with van der Waals surface area (Å²) in [5, 5.41) is 0. The molecular weight excluding hydrogens is 208 g/mol. The number of nitrogens with zero attached hydrogens (tertiary/aromatic N) is 2. The number of alkyl halides is 1. The molecule has 1 atom stereocenters. The second-order valence-electron chi connectivity index (χ2n) is 3.47. The summed E-state index contributed by atoms with van der Waals surface area (Å²) < 4.78 is 1.92. The summed E-state index contributed by atoms with van der Waals surface area (Å²) in [7, 11) is 0. The number of hydrogen-bond acceptors (Lipinski definition) is 1. The van der Waals surface area contributed by atoms with Gasteiger partial charge in [-0.2, -0.15) is 0 Å². The van der Waals surface area contributed by atoms with Gasteiger partial charge >= 0.3 is 0 Å². The fraction of sp³-hybridized carbons (Fsp3) is 0.250. The molecule has 0 amide bonds. The minimum atomic E-state index is -0.00675. The summed E-state index contributed by atoms with van der Waals surface area (Å²) in [5.41, 5.74) is 1.32. The van der Waals surface area contributed by atoms with Crippen molar-refractivity contribution in [3.63, 3.8) is 0 Å². The van der Waals surface area contributed by atoms with Crippen molar-refractivity contribution < 1.29 is 0 Å². The quantitative estimate of drug-likeness (QED) is 0.724. The van der Waals surface area contributed by atoms with Crippen LogP contribution in [0.25, 0.3) is 0 Å². The standard InChI is InChI=1S/C12H13ClN2/c13-12(15-9-8-14-10-15)7-6-11-4-2-1-3-5-11/h1-5,8-10,12H,6-7H2. The monoisotopic (exact) mass is 220 g/mol. The summed E-state index contributed by atoms with van der Waals surface area (Å²) in [6, 6.07) is 10.4. The van der Waals surface area contributed by atoms with E-state index in [1.54, 1.807) is 12.5 Å². The Morgan fingerprint density at radius 2 is 2.07 bits per heavy atom. The minimum absolute atomic E-state index is 0.00675. The van der Waals surface area contributed by atoms with Crippen LogP contribution in [0.2, 0.25) is 0 Å². The first-order valence-corrected chi connectivity index (χ1v) is 5.45. The maximum absolute atomic E-state index is 6.22. The molecule has 1 aromatic heterocycles. The van der Waals surface area contributed by atoms with Crippen molar-refractivity contribution in [1.82, 2.24) is 9.55 Å². The molecule has 1 aromatic carbocycles. The van der Waals surface area contributed by atoms with Crippen molar-refractivity contribution in [1.29, 1.82) is 0 Å². The fourth-order valence-electron chi connectivity index (χ4n) is 1.51. The van der Waals surface area contributed by atoms with E-state index in [9.17, 15) is 0 Å². The summed E-state index contributed by atoms with van der Waals surface area (Å²) in [5.74, 6) is 0. The summed E-state index contributed by atoms with van der Waals surface area (Å²) in [6.45, 7) is 0. The SMILES string of the molecule is ClC(CCc1ccccc1)n1ccnc1. The molecule has 2 rings (SSSR count). The zero-order chi connectivity index (χ0) is 10.5. The smallest absolute Gasteiger partial charge is 0.109 e. The Morgan fingerprint density at radius 3 is 2.73 bits per heavy atom. The molecule has 2 nitrogen and oxygen atoms in total. The maximum atomic E-state index is 6.22. The van der Waals surface area contributed by atoms with Gasteiger partial charge in [0.2, 0.25) is 0 Å². The van der Waals surface area contributed by atoms with Gasteiger partial charge in [-0.25, -0.2) is 4.98 Å². The average Bonchev–Trinajstić information content (AvgIpc) is 2.81. The molecule has 0 aliphatic rings. The van der Waals surface area contributed by atoms with E-state index in [0.717, 1.165) is 12.8 Å². The Balaban J connectivity index is 1.89. The number of hydrogen-bond donors (Lipinski definition) is 0. The minimum Gasteiger partial charge on any atom is -0.321 e. The first kappa shape index (κ1) is 10.2. The molecule has 1 heterocycles. The molecule has 3 heteroatoms. The van der Waals surface area contributed by atoms with E-state index in [2.05, 4.69) is 29.2 Å². The molecule has 0 aliphatic heterocycles. The fourth-order valence-corrected chi connectivity index (χ4v) is 1.74. The van der Waals surface area contributed by atoms with Crippen molar-refractivity contribution in [2.45, 2.75) is 18.3 Å². The molecule has 0 aliphatic carbocycles. The molecule has 0 saturated carbocycles. The van der Waals surface area contributed by atoms with Crippen molar-refractivity contribution in [2.24, 2.45) is 0 Å². The van der Waals surface area contributed by atoms with Gasteiger partial charge in [0.25, 0.3) is 0 Å². The van der Waals surface area contributed by atoms with Crippen LogP contribution in [0.3, 0.4) is 0 Å². The van der Waals surface area contributed by atoms with Gasteiger partial charge in [-0.05, 0) is 18.4 Å². The Bertz CT molecular complexity index is 383. The predicted molar refractivity (Wildman–Crippen MR) is 61.9 cm³/mol. The first-order valence-electron chi connectivity index (χ1n) is 5.02. The van der Waals surface area contributed by atoms with Crippen LogP contribution in [0.1, 0.15) is 17.5 Å². The lowest BCUT2D eigenvalue weighted by Gasteiger charge is -2.10. The van der Waals surface area contributed by atoms with E-state index < -0.39 is 0 Å². The number of aromatic nitrogens is 2. The third kappa shape index (κ3) is 2.83. The Labute approximate surface area is 94.5 Å². The zero-order valence-electron chi connectivity index (χ0n) is 8.38. The number of imidazole rings is 1. The van der Waals surface area contributed by atoms with E-state index in [1.807, 2.05) is 16.8 Å². The summed E-state index contributed by atoms with van der Waals surface area (Å²) in [4.78, 5) is 3.98. The summed E-state index contributed by atoms with van der Waals surface area (Å²) in [6.07, 6.45) is 7.30. The van der Waals surface area contributed by atoms with E-state index >= 15 is 0 Å². The van der Waals surface area contributed by atoms with Crippen molar-refractivity contribution in [3.05, 3.63) is 54.6 Å². The van der Waals surface area contributed by atoms with E-state index in [-0.39, 0.29) is 5.50 Å². The normalized spacial score (nSPS) is 12.6. The van der Waals surface area contributed by atoms with Crippen LogP contribution in [0.4, 0.5) is 0 Å². The lowest BCUT2D eigenvalue weighted by Crippen LogP contribution is -2.01. The Hall–Kier alpha value is -1.28. The highest BCUT2D eigenvalue weighted by Gasteiger charge is 2.05. The molecule has 15 heavy (non-hydrogen) atoms. The molecular formula is C12H13ClN2. The molecule has 0 bridgehead atoms. The van der Waals surface area contributed by atoms with Crippen LogP contribution < -0.4 is 0 Å².